The van der Waals surface area contributed by atoms with Gasteiger partial charge >= 0.3 is 0 Å². The van der Waals surface area contributed by atoms with Crippen LogP contribution in [0, 0.1) is 34.0 Å². The van der Waals surface area contributed by atoms with E-state index in [0.29, 0.717) is 16.2 Å². The average molecular weight is 361 g/mol. The average Bonchev–Trinajstić information content (AvgIpc) is 3.02. The van der Waals surface area contributed by atoms with E-state index in [1.165, 1.54) is 64.2 Å². The third-order valence-electron chi connectivity index (χ3n) is 9.18. The van der Waals surface area contributed by atoms with Crippen LogP contribution in [0.3, 0.4) is 0 Å². The van der Waals surface area contributed by atoms with Crippen LogP contribution in [0.15, 0.2) is 11.6 Å². The van der Waals surface area contributed by atoms with Crippen LogP contribution in [0.1, 0.15) is 120 Å². The summed E-state index contributed by atoms with van der Waals surface area (Å²) in [6, 6.07) is 0. The van der Waals surface area contributed by atoms with Crippen LogP contribution in [0.2, 0.25) is 0 Å². The van der Waals surface area contributed by atoms with Crippen molar-refractivity contribution in [2.24, 2.45) is 34.0 Å². The van der Waals surface area contributed by atoms with Gasteiger partial charge in [-0.2, -0.15) is 0 Å². The molecule has 6 unspecified atom stereocenters. The van der Waals surface area contributed by atoms with Crippen molar-refractivity contribution in [3.05, 3.63) is 11.6 Å². The summed E-state index contributed by atoms with van der Waals surface area (Å²) < 4.78 is 0. The molecule has 3 saturated carbocycles. The first-order valence-corrected chi connectivity index (χ1v) is 12.2. The fourth-order valence-electron chi connectivity index (χ4n) is 7.97. The van der Waals surface area contributed by atoms with E-state index in [9.17, 15) is 0 Å². The molecule has 0 spiro atoms. The van der Waals surface area contributed by atoms with Gasteiger partial charge < -0.3 is 0 Å². The standard InChI is InChI=1S/C22H36.2C2H6/c1-5-16-9-10-18-21(16,3)15-12-19-20(2)13-7-6-8-17(20)11-14-22(18,19)4;2*1-2/h12,16-18H,5-11,13-15H2,1-4H3;2*1-2H3. The SMILES string of the molecule is CC.CC.CCC1CCC2C3(C)CCC4CCCCC4(C)C3=CCC12C. The van der Waals surface area contributed by atoms with Crippen molar-refractivity contribution < 1.29 is 0 Å². The highest BCUT2D eigenvalue weighted by molar-refractivity contribution is 5.33. The topological polar surface area (TPSA) is 0 Å². The molecule has 0 aromatic heterocycles. The molecule has 0 aromatic carbocycles. The van der Waals surface area contributed by atoms with Crippen molar-refractivity contribution >= 4 is 0 Å². The first kappa shape index (κ1) is 22.0. The lowest BCUT2D eigenvalue weighted by Gasteiger charge is -2.61. The smallest absolute Gasteiger partial charge is 0.00771 e. The highest BCUT2D eigenvalue weighted by atomic mass is 14.6. The van der Waals surface area contributed by atoms with Gasteiger partial charge in [0.1, 0.15) is 0 Å². The summed E-state index contributed by atoms with van der Waals surface area (Å²) >= 11 is 0. The van der Waals surface area contributed by atoms with Crippen LogP contribution in [0.5, 0.6) is 0 Å². The van der Waals surface area contributed by atoms with E-state index in [2.05, 4.69) is 33.8 Å². The van der Waals surface area contributed by atoms with Crippen LogP contribution in [0.25, 0.3) is 0 Å². The molecule has 4 rings (SSSR count). The first-order chi connectivity index (χ1) is 12.4. The molecule has 4 aliphatic carbocycles. The molecule has 6 atom stereocenters. The van der Waals surface area contributed by atoms with Crippen molar-refractivity contribution in [1.82, 2.24) is 0 Å². The second-order valence-corrected chi connectivity index (χ2v) is 9.88. The summed E-state index contributed by atoms with van der Waals surface area (Å²) in [6.45, 7) is 18.4. The zero-order valence-electron chi connectivity index (χ0n) is 19.4. The fraction of sp³-hybridized carbons (Fsp3) is 0.923. The molecule has 0 heteroatoms. The van der Waals surface area contributed by atoms with Gasteiger partial charge in [-0.3, -0.25) is 0 Å². The lowest BCUT2D eigenvalue weighted by Crippen LogP contribution is -2.52. The van der Waals surface area contributed by atoms with Crippen molar-refractivity contribution in [2.45, 2.75) is 120 Å². The normalized spacial score (nSPS) is 46.3. The molecule has 152 valence electrons. The molecular weight excluding hydrogens is 312 g/mol. The predicted molar refractivity (Wildman–Crippen MR) is 117 cm³/mol. The Balaban J connectivity index is 0.000000570. The quantitative estimate of drug-likeness (QED) is 0.410. The Morgan fingerprint density at radius 1 is 0.846 bits per heavy atom. The molecule has 0 amide bonds. The van der Waals surface area contributed by atoms with Crippen molar-refractivity contribution in [3.8, 4) is 0 Å². The molecule has 0 aromatic rings. The minimum atomic E-state index is 0.527. The van der Waals surface area contributed by atoms with Gasteiger partial charge in [0.15, 0.2) is 0 Å². The molecule has 26 heavy (non-hydrogen) atoms. The molecule has 0 aliphatic heterocycles. The van der Waals surface area contributed by atoms with E-state index >= 15 is 0 Å². The minimum absolute atomic E-state index is 0.527. The monoisotopic (exact) mass is 360 g/mol. The summed E-state index contributed by atoms with van der Waals surface area (Å²) in [4.78, 5) is 0. The van der Waals surface area contributed by atoms with Gasteiger partial charge in [0, 0.05) is 0 Å². The Labute approximate surface area is 165 Å². The van der Waals surface area contributed by atoms with Crippen LogP contribution in [-0.2, 0) is 0 Å². The maximum absolute atomic E-state index is 2.78. The van der Waals surface area contributed by atoms with E-state index in [1.54, 1.807) is 0 Å². The Kier molecular flexibility index (Phi) is 7.12. The molecule has 0 heterocycles. The third kappa shape index (κ3) is 3.12. The predicted octanol–water partition coefficient (Wildman–Crippen LogP) is 8.81. The Bertz CT molecular complexity index is 488. The van der Waals surface area contributed by atoms with Crippen LogP contribution >= 0.6 is 0 Å². The van der Waals surface area contributed by atoms with Crippen LogP contribution < -0.4 is 0 Å². The molecule has 0 saturated heterocycles. The maximum Gasteiger partial charge on any atom is -0.00771 e. The molecular formula is C26H48. The Morgan fingerprint density at radius 2 is 1.54 bits per heavy atom. The Hall–Kier alpha value is -0.260. The van der Waals surface area contributed by atoms with Crippen LogP contribution in [0.4, 0.5) is 0 Å². The second kappa shape index (κ2) is 8.40. The summed E-state index contributed by atoms with van der Waals surface area (Å²) in [7, 11) is 0. The lowest BCUT2D eigenvalue weighted by molar-refractivity contribution is -0.0224. The van der Waals surface area contributed by atoms with Gasteiger partial charge in [0.25, 0.3) is 0 Å². The highest BCUT2D eigenvalue weighted by Crippen LogP contribution is 2.70. The van der Waals surface area contributed by atoms with Gasteiger partial charge in [-0.25, -0.2) is 0 Å². The van der Waals surface area contributed by atoms with E-state index in [-0.39, 0.29) is 0 Å². The fourth-order valence-corrected chi connectivity index (χ4v) is 7.97. The summed E-state index contributed by atoms with van der Waals surface area (Å²) in [5.74, 6) is 2.93. The lowest BCUT2D eigenvalue weighted by atomic mass is 9.43. The van der Waals surface area contributed by atoms with Gasteiger partial charge in [0.2, 0.25) is 0 Å². The molecule has 0 N–H and O–H groups in total. The number of hydrogen-bond acceptors (Lipinski definition) is 0. The number of rotatable bonds is 1. The molecule has 4 aliphatic rings. The van der Waals surface area contributed by atoms with E-state index < -0.39 is 0 Å². The highest BCUT2D eigenvalue weighted by Gasteiger charge is 2.61. The molecule has 3 fully saturated rings. The largest absolute Gasteiger partial charge is 0.0836 e. The number of fused-ring (bicyclic) bond motifs is 5. The van der Waals surface area contributed by atoms with Crippen molar-refractivity contribution in [2.75, 3.05) is 0 Å². The molecule has 0 nitrogen and oxygen atoms in total. The summed E-state index contributed by atoms with van der Waals surface area (Å²) in [6.07, 6.45) is 17.5. The number of hydrogen-bond donors (Lipinski definition) is 0. The van der Waals surface area contributed by atoms with Crippen LogP contribution in [-0.4, -0.2) is 0 Å². The minimum Gasteiger partial charge on any atom is -0.0836 e. The molecule has 0 radical (unpaired) electrons. The maximum atomic E-state index is 2.78. The third-order valence-corrected chi connectivity index (χ3v) is 9.18. The first-order valence-electron chi connectivity index (χ1n) is 12.2. The van der Waals surface area contributed by atoms with Gasteiger partial charge in [0.05, 0.1) is 0 Å². The number of allylic oxidation sites excluding steroid dienone is 2. The zero-order valence-corrected chi connectivity index (χ0v) is 19.4. The van der Waals surface area contributed by atoms with E-state index in [1.807, 2.05) is 33.3 Å². The van der Waals surface area contributed by atoms with E-state index in [4.69, 9.17) is 0 Å². The summed E-state index contributed by atoms with van der Waals surface area (Å²) in [5.41, 5.74) is 3.61. The zero-order chi connectivity index (χ0) is 19.6. The van der Waals surface area contributed by atoms with Crippen molar-refractivity contribution in [3.63, 3.8) is 0 Å². The van der Waals surface area contributed by atoms with Crippen molar-refractivity contribution in [1.29, 1.82) is 0 Å². The Morgan fingerprint density at radius 3 is 2.19 bits per heavy atom. The summed E-state index contributed by atoms with van der Waals surface area (Å²) in [5, 5.41) is 0. The van der Waals surface area contributed by atoms with Gasteiger partial charge in [-0.1, -0.05) is 86.3 Å². The van der Waals surface area contributed by atoms with Gasteiger partial charge in [-0.05, 0) is 78.9 Å². The second-order valence-electron chi connectivity index (χ2n) is 9.88. The van der Waals surface area contributed by atoms with E-state index in [0.717, 1.165) is 17.8 Å². The molecule has 0 bridgehead atoms. The van der Waals surface area contributed by atoms with Gasteiger partial charge in [-0.15, -0.1) is 0 Å².